The minimum atomic E-state index is 0.461. The van der Waals surface area contributed by atoms with Crippen molar-refractivity contribution in [2.45, 2.75) is 6.54 Å². The second-order valence-corrected chi connectivity index (χ2v) is 3.19. The summed E-state index contributed by atoms with van der Waals surface area (Å²) in [7, 11) is 1.87. The maximum atomic E-state index is 5.60. The summed E-state index contributed by atoms with van der Waals surface area (Å²) in [5.41, 5.74) is 6.58. The molecule has 0 spiro atoms. The van der Waals surface area contributed by atoms with Crippen molar-refractivity contribution in [2.24, 2.45) is 12.8 Å². The van der Waals surface area contributed by atoms with E-state index in [1.54, 1.807) is 17.1 Å². The van der Waals surface area contributed by atoms with Gasteiger partial charge in [0.1, 0.15) is 11.6 Å². The van der Waals surface area contributed by atoms with Gasteiger partial charge in [-0.05, 0) is 12.1 Å². The van der Waals surface area contributed by atoms with Crippen LogP contribution in [0.25, 0.3) is 0 Å². The van der Waals surface area contributed by atoms with Gasteiger partial charge in [-0.1, -0.05) is 6.07 Å². The van der Waals surface area contributed by atoms with Crippen LogP contribution in [0, 0.1) is 0 Å². The molecule has 2 aromatic rings. The molecule has 0 fully saturated rings. The monoisotopic (exact) mass is 203 g/mol. The number of nitrogens with one attached hydrogen (secondary N) is 1. The van der Waals surface area contributed by atoms with Crippen LogP contribution >= 0.6 is 0 Å². The van der Waals surface area contributed by atoms with Gasteiger partial charge in [0.05, 0.1) is 6.20 Å². The fraction of sp³-hybridized carbons (Fsp3) is 0.200. The summed E-state index contributed by atoms with van der Waals surface area (Å²) in [6, 6.07) is 5.69. The first-order valence-corrected chi connectivity index (χ1v) is 4.70. The second kappa shape index (κ2) is 4.10. The highest BCUT2D eigenvalue weighted by Gasteiger charge is 2.06. The van der Waals surface area contributed by atoms with Crippen LogP contribution in [0.2, 0.25) is 0 Å². The lowest BCUT2D eigenvalue weighted by molar-refractivity contribution is 0.775. The van der Waals surface area contributed by atoms with E-state index in [0.717, 1.165) is 17.2 Å². The molecule has 3 N–H and O–H groups in total. The molecule has 5 heteroatoms. The molecular weight excluding hydrogens is 190 g/mol. The Kier molecular flexibility index (Phi) is 2.64. The lowest BCUT2D eigenvalue weighted by Gasteiger charge is -2.07. The summed E-state index contributed by atoms with van der Waals surface area (Å²) in [4.78, 5) is 4.18. The van der Waals surface area contributed by atoms with Gasteiger partial charge in [-0.15, -0.1) is 0 Å². The van der Waals surface area contributed by atoms with Crippen LogP contribution in [0.4, 0.5) is 11.6 Å². The maximum Gasteiger partial charge on any atom is 0.134 e. The number of anilines is 2. The number of aryl methyl sites for hydroxylation is 1. The lowest BCUT2D eigenvalue weighted by atomic mass is 10.3. The molecule has 2 aromatic heterocycles. The summed E-state index contributed by atoms with van der Waals surface area (Å²) in [5.74, 6) is 1.67. The highest BCUT2D eigenvalue weighted by atomic mass is 15.3. The van der Waals surface area contributed by atoms with Crippen molar-refractivity contribution in [3.8, 4) is 0 Å². The Balaban J connectivity index is 2.27. The number of hydrogen-bond donors (Lipinski definition) is 2. The smallest absolute Gasteiger partial charge is 0.134 e. The molecule has 0 aliphatic carbocycles. The van der Waals surface area contributed by atoms with E-state index < -0.39 is 0 Å². The van der Waals surface area contributed by atoms with Gasteiger partial charge < -0.3 is 11.1 Å². The van der Waals surface area contributed by atoms with Gasteiger partial charge in [0, 0.05) is 25.4 Å². The van der Waals surface area contributed by atoms with E-state index in [1.165, 1.54) is 0 Å². The second-order valence-electron chi connectivity index (χ2n) is 3.19. The van der Waals surface area contributed by atoms with Crippen LogP contribution < -0.4 is 11.1 Å². The number of aromatic nitrogens is 3. The molecular formula is C10H13N5. The zero-order chi connectivity index (χ0) is 10.7. The molecule has 2 heterocycles. The molecule has 0 saturated carbocycles. The summed E-state index contributed by atoms with van der Waals surface area (Å²) < 4.78 is 1.75. The van der Waals surface area contributed by atoms with Crippen LogP contribution in [0.1, 0.15) is 5.56 Å². The van der Waals surface area contributed by atoms with E-state index in [1.807, 2.05) is 25.2 Å². The topological polar surface area (TPSA) is 68.8 Å². The molecule has 0 aliphatic heterocycles. The molecule has 0 bridgehead atoms. The van der Waals surface area contributed by atoms with Crippen molar-refractivity contribution in [3.63, 3.8) is 0 Å². The zero-order valence-corrected chi connectivity index (χ0v) is 8.51. The molecule has 0 atom stereocenters. The minimum absolute atomic E-state index is 0.461. The Bertz CT molecular complexity index is 434. The van der Waals surface area contributed by atoms with Gasteiger partial charge in [0.2, 0.25) is 0 Å². The standard InChI is InChI=1S/C10H13N5/c1-15-10(8(6-11)7-13-15)14-9-4-2-3-5-12-9/h2-5,7H,6,11H2,1H3,(H,12,14). The third kappa shape index (κ3) is 1.97. The van der Waals surface area contributed by atoms with E-state index in [0.29, 0.717) is 6.54 Å². The predicted molar refractivity (Wildman–Crippen MR) is 58.6 cm³/mol. The van der Waals surface area contributed by atoms with Crippen LogP contribution in [-0.4, -0.2) is 14.8 Å². The first-order valence-electron chi connectivity index (χ1n) is 4.70. The molecule has 2 rings (SSSR count). The Morgan fingerprint density at radius 1 is 1.47 bits per heavy atom. The number of hydrogen-bond acceptors (Lipinski definition) is 4. The van der Waals surface area contributed by atoms with Crippen LogP contribution in [0.15, 0.2) is 30.6 Å². The highest BCUT2D eigenvalue weighted by molar-refractivity contribution is 5.55. The van der Waals surface area contributed by atoms with Crippen molar-refractivity contribution in [3.05, 3.63) is 36.2 Å². The van der Waals surface area contributed by atoms with E-state index in [9.17, 15) is 0 Å². The molecule has 78 valence electrons. The normalized spacial score (nSPS) is 10.3. The van der Waals surface area contributed by atoms with Gasteiger partial charge >= 0.3 is 0 Å². The quantitative estimate of drug-likeness (QED) is 0.781. The van der Waals surface area contributed by atoms with Crippen molar-refractivity contribution in [2.75, 3.05) is 5.32 Å². The maximum absolute atomic E-state index is 5.60. The molecule has 0 aromatic carbocycles. The van der Waals surface area contributed by atoms with Crippen molar-refractivity contribution in [1.82, 2.24) is 14.8 Å². The lowest BCUT2D eigenvalue weighted by Crippen LogP contribution is -2.04. The molecule has 0 radical (unpaired) electrons. The van der Waals surface area contributed by atoms with Crippen molar-refractivity contribution < 1.29 is 0 Å². The van der Waals surface area contributed by atoms with Gasteiger partial charge in [-0.2, -0.15) is 5.10 Å². The Morgan fingerprint density at radius 2 is 2.33 bits per heavy atom. The van der Waals surface area contributed by atoms with E-state index >= 15 is 0 Å². The van der Waals surface area contributed by atoms with E-state index in [4.69, 9.17) is 5.73 Å². The van der Waals surface area contributed by atoms with Gasteiger partial charge in [0.15, 0.2) is 0 Å². The van der Waals surface area contributed by atoms with Crippen molar-refractivity contribution >= 4 is 11.6 Å². The van der Waals surface area contributed by atoms with E-state index in [-0.39, 0.29) is 0 Å². The van der Waals surface area contributed by atoms with Crippen LogP contribution in [0.5, 0.6) is 0 Å². The zero-order valence-electron chi connectivity index (χ0n) is 8.51. The predicted octanol–water partition coefficient (Wildman–Crippen LogP) is 1.02. The third-order valence-electron chi connectivity index (χ3n) is 2.15. The van der Waals surface area contributed by atoms with E-state index in [2.05, 4.69) is 15.4 Å². The summed E-state index contributed by atoms with van der Waals surface area (Å²) in [5, 5.41) is 7.31. The summed E-state index contributed by atoms with van der Waals surface area (Å²) >= 11 is 0. The Hall–Kier alpha value is -1.88. The molecule has 0 aliphatic rings. The minimum Gasteiger partial charge on any atom is -0.326 e. The number of pyridine rings is 1. The van der Waals surface area contributed by atoms with Crippen LogP contribution in [0.3, 0.4) is 0 Å². The molecule has 0 saturated heterocycles. The average molecular weight is 203 g/mol. The van der Waals surface area contributed by atoms with Crippen molar-refractivity contribution in [1.29, 1.82) is 0 Å². The Labute approximate surface area is 87.9 Å². The number of nitrogens with two attached hydrogens (primary N) is 1. The molecule has 15 heavy (non-hydrogen) atoms. The largest absolute Gasteiger partial charge is 0.326 e. The fourth-order valence-corrected chi connectivity index (χ4v) is 1.35. The molecule has 5 nitrogen and oxygen atoms in total. The fourth-order valence-electron chi connectivity index (χ4n) is 1.35. The number of rotatable bonds is 3. The Morgan fingerprint density at radius 3 is 3.00 bits per heavy atom. The average Bonchev–Trinajstić information content (AvgIpc) is 2.62. The highest BCUT2D eigenvalue weighted by Crippen LogP contribution is 2.17. The number of nitrogens with zero attached hydrogens (tertiary/aromatic N) is 3. The summed E-state index contributed by atoms with van der Waals surface area (Å²) in [6.45, 7) is 0.461. The molecule has 0 unspecified atom stereocenters. The van der Waals surface area contributed by atoms with Gasteiger partial charge in [-0.25, -0.2) is 4.98 Å². The first-order chi connectivity index (χ1) is 7.31. The van der Waals surface area contributed by atoms with Gasteiger partial charge in [-0.3, -0.25) is 4.68 Å². The third-order valence-corrected chi connectivity index (χ3v) is 2.15. The first kappa shape index (κ1) is 9.67. The van der Waals surface area contributed by atoms with Crippen LogP contribution in [-0.2, 0) is 13.6 Å². The van der Waals surface area contributed by atoms with Gasteiger partial charge in [0.25, 0.3) is 0 Å². The SMILES string of the molecule is Cn1ncc(CN)c1Nc1ccccn1. The summed E-state index contributed by atoms with van der Waals surface area (Å²) in [6.07, 6.45) is 3.49. The molecule has 0 amide bonds.